The highest BCUT2D eigenvalue weighted by molar-refractivity contribution is 5.97. The summed E-state index contributed by atoms with van der Waals surface area (Å²) in [5.74, 6) is -1.28. The summed E-state index contributed by atoms with van der Waals surface area (Å²) < 4.78 is 4.68. The minimum Gasteiger partial charge on any atom is -0.508 e. The van der Waals surface area contributed by atoms with Crippen LogP contribution >= 0.6 is 0 Å². The Kier molecular flexibility index (Phi) is 5.67. The van der Waals surface area contributed by atoms with Gasteiger partial charge in [0.15, 0.2) is 0 Å². The molecule has 1 atom stereocenters. The van der Waals surface area contributed by atoms with Crippen molar-refractivity contribution >= 4 is 17.6 Å². The van der Waals surface area contributed by atoms with Gasteiger partial charge >= 0.3 is 5.97 Å². The summed E-state index contributed by atoms with van der Waals surface area (Å²) in [5.41, 5.74) is 0.387. The predicted octanol–water partition coefficient (Wildman–Crippen LogP) is 1.81. The number of nitrogens with one attached hydrogen (secondary N) is 1. The van der Waals surface area contributed by atoms with Gasteiger partial charge in [-0.15, -0.1) is 0 Å². The lowest BCUT2D eigenvalue weighted by Crippen LogP contribution is -2.43. The van der Waals surface area contributed by atoms with Crippen molar-refractivity contribution in [2.24, 2.45) is 0 Å². The van der Waals surface area contributed by atoms with Gasteiger partial charge in [0.05, 0.1) is 12.0 Å². The molecule has 25 heavy (non-hydrogen) atoms. The Bertz CT molecular complexity index is 788. The van der Waals surface area contributed by atoms with E-state index in [1.165, 1.54) is 49.6 Å². The number of carbonyl (C=O) groups is 2. The molecule has 0 aliphatic rings. The van der Waals surface area contributed by atoms with Gasteiger partial charge in [0, 0.05) is 23.6 Å². The number of methoxy groups -OCH3 is 1. The number of rotatable bonds is 6. The molecule has 2 aromatic carbocycles. The maximum Gasteiger partial charge on any atom is 0.328 e. The van der Waals surface area contributed by atoms with Gasteiger partial charge in [-0.05, 0) is 24.3 Å². The van der Waals surface area contributed by atoms with Crippen LogP contribution in [-0.4, -0.2) is 35.1 Å². The summed E-state index contributed by atoms with van der Waals surface area (Å²) in [4.78, 5) is 34.8. The summed E-state index contributed by atoms with van der Waals surface area (Å²) in [5, 5.41) is 22.9. The Labute approximate surface area is 143 Å². The summed E-state index contributed by atoms with van der Waals surface area (Å²) in [6.07, 6.45) is -0.0896. The fraction of sp³-hybridized carbons (Fsp3) is 0.176. The van der Waals surface area contributed by atoms with Crippen LogP contribution in [0.1, 0.15) is 15.9 Å². The molecule has 0 aromatic heterocycles. The SMILES string of the molecule is COC(=O)[C@@H](Cc1ccccc1[N+](=O)[O-])NC(=O)c1ccc(O)cc1. The number of nitrogens with zero attached hydrogens (tertiary/aromatic N) is 1. The molecular weight excluding hydrogens is 328 g/mol. The van der Waals surface area contributed by atoms with Gasteiger partial charge in [-0.1, -0.05) is 18.2 Å². The molecule has 2 aromatic rings. The number of ether oxygens (including phenoxy) is 1. The molecule has 130 valence electrons. The standard InChI is InChI=1S/C17H16N2O6/c1-25-17(22)14(10-12-4-2-3-5-15(12)19(23)24)18-16(21)11-6-8-13(20)9-7-11/h2-9,14,20H,10H2,1H3,(H,18,21)/t14-/m1/s1. The van der Waals surface area contributed by atoms with Crippen molar-refractivity contribution in [2.75, 3.05) is 7.11 Å². The van der Waals surface area contributed by atoms with Gasteiger partial charge in [-0.25, -0.2) is 4.79 Å². The van der Waals surface area contributed by atoms with Gasteiger partial charge in [0.25, 0.3) is 11.6 Å². The topological polar surface area (TPSA) is 119 Å². The van der Waals surface area contributed by atoms with Gasteiger partial charge in [-0.3, -0.25) is 14.9 Å². The Morgan fingerprint density at radius 2 is 1.84 bits per heavy atom. The monoisotopic (exact) mass is 344 g/mol. The molecule has 0 bridgehead atoms. The minimum absolute atomic E-state index is 0.000906. The first-order chi connectivity index (χ1) is 11.9. The number of esters is 1. The number of hydrogen-bond donors (Lipinski definition) is 2. The second kappa shape index (κ2) is 7.91. The molecule has 0 heterocycles. The maximum absolute atomic E-state index is 12.3. The average molecular weight is 344 g/mol. The van der Waals surface area contributed by atoms with E-state index in [0.717, 1.165) is 0 Å². The third kappa shape index (κ3) is 4.54. The quantitative estimate of drug-likeness (QED) is 0.469. The fourth-order valence-corrected chi connectivity index (χ4v) is 2.27. The second-order valence-electron chi connectivity index (χ2n) is 5.19. The number of para-hydroxylation sites is 1. The first kappa shape index (κ1) is 17.9. The lowest BCUT2D eigenvalue weighted by molar-refractivity contribution is -0.385. The van der Waals surface area contributed by atoms with Crippen LogP contribution in [0, 0.1) is 10.1 Å². The third-order valence-electron chi connectivity index (χ3n) is 3.53. The lowest BCUT2D eigenvalue weighted by atomic mass is 10.0. The zero-order valence-electron chi connectivity index (χ0n) is 13.3. The van der Waals surface area contributed by atoms with E-state index in [1.54, 1.807) is 6.07 Å². The first-order valence-corrected chi connectivity index (χ1v) is 7.32. The van der Waals surface area contributed by atoms with Crippen molar-refractivity contribution in [1.82, 2.24) is 5.32 Å². The number of phenols is 1. The van der Waals surface area contributed by atoms with E-state index < -0.39 is 22.8 Å². The number of hydrogen-bond acceptors (Lipinski definition) is 6. The molecule has 2 N–H and O–H groups in total. The summed E-state index contributed by atoms with van der Waals surface area (Å²) >= 11 is 0. The van der Waals surface area contributed by atoms with Crippen LogP contribution in [0.15, 0.2) is 48.5 Å². The van der Waals surface area contributed by atoms with Crippen molar-refractivity contribution in [2.45, 2.75) is 12.5 Å². The predicted molar refractivity (Wildman–Crippen MR) is 88.2 cm³/mol. The zero-order chi connectivity index (χ0) is 18.4. The number of nitro groups is 1. The Morgan fingerprint density at radius 1 is 1.20 bits per heavy atom. The molecule has 0 fully saturated rings. The number of benzene rings is 2. The highest BCUT2D eigenvalue weighted by Gasteiger charge is 2.26. The molecule has 0 aliphatic carbocycles. The average Bonchev–Trinajstić information content (AvgIpc) is 2.61. The number of phenolic OH excluding ortho intramolecular Hbond substituents is 1. The van der Waals surface area contributed by atoms with E-state index in [1.807, 2.05) is 0 Å². The first-order valence-electron chi connectivity index (χ1n) is 7.32. The number of carbonyl (C=O) groups excluding carboxylic acids is 2. The van der Waals surface area contributed by atoms with E-state index in [9.17, 15) is 24.8 Å². The van der Waals surface area contributed by atoms with Crippen LogP contribution < -0.4 is 5.32 Å². The van der Waals surface area contributed by atoms with E-state index in [0.29, 0.717) is 5.56 Å². The fourth-order valence-electron chi connectivity index (χ4n) is 2.27. The number of amides is 1. The minimum atomic E-state index is -1.09. The van der Waals surface area contributed by atoms with Gasteiger partial charge in [-0.2, -0.15) is 0 Å². The van der Waals surface area contributed by atoms with Crippen LogP contribution in [0.5, 0.6) is 5.75 Å². The van der Waals surface area contributed by atoms with E-state index in [2.05, 4.69) is 10.1 Å². The highest BCUT2D eigenvalue weighted by Crippen LogP contribution is 2.20. The number of nitro benzene ring substituents is 1. The molecular formula is C17H16N2O6. The Morgan fingerprint density at radius 3 is 2.44 bits per heavy atom. The molecule has 8 heteroatoms. The molecule has 0 aliphatic heterocycles. The largest absolute Gasteiger partial charge is 0.508 e. The molecule has 2 rings (SSSR count). The van der Waals surface area contributed by atoms with Gasteiger partial charge < -0.3 is 15.2 Å². The molecule has 0 saturated heterocycles. The molecule has 1 amide bonds. The molecule has 0 radical (unpaired) electrons. The smallest absolute Gasteiger partial charge is 0.328 e. The van der Waals surface area contributed by atoms with Crippen LogP contribution in [0.4, 0.5) is 5.69 Å². The zero-order valence-corrected chi connectivity index (χ0v) is 13.3. The third-order valence-corrected chi connectivity index (χ3v) is 3.53. The van der Waals surface area contributed by atoms with Crippen molar-refractivity contribution < 1.29 is 24.4 Å². The Balaban J connectivity index is 2.22. The van der Waals surface area contributed by atoms with Gasteiger partial charge in [0.1, 0.15) is 11.8 Å². The van der Waals surface area contributed by atoms with E-state index in [-0.39, 0.29) is 23.4 Å². The lowest BCUT2D eigenvalue weighted by Gasteiger charge is -2.16. The summed E-state index contributed by atoms with van der Waals surface area (Å²) in [7, 11) is 1.17. The van der Waals surface area contributed by atoms with Crippen LogP contribution in [0.25, 0.3) is 0 Å². The highest BCUT2D eigenvalue weighted by atomic mass is 16.6. The molecule has 0 unspecified atom stereocenters. The molecule has 8 nitrogen and oxygen atoms in total. The van der Waals surface area contributed by atoms with Crippen molar-refractivity contribution in [1.29, 1.82) is 0 Å². The van der Waals surface area contributed by atoms with E-state index >= 15 is 0 Å². The normalized spacial score (nSPS) is 11.4. The van der Waals surface area contributed by atoms with Gasteiger partial charge in [0.2, 0.25) is 0 Å². The second-order valence-corrected chi connectivity index (χ2v) is 5.19. The number of aromatic hydroxyl groups is 1. The van der Waals surface area contributed by atoms with Crippen LogP contribution in [0.3, 0.4) is 0 Å². The Hall–Kier alpha value is -3.42. The molecule has 0 saturated carbocycles. The maximum atomic E-state index is 12.3. The summed E-state index contributed by atoms with van der Waals surface area (Å²) in [6.45, 7) is 0. The summed E-state index contributed by atoms with van der Waals surface area (Å²) in [6, 6.07) is 10.3. The van der Waals surface area contributed by atoms with Crippen molar-refractivity contribution in [3.63, 3.8) is 0 Å². The van der Waals surface area contributed by atoms with Crippen LogP contribution in [0.2, 0.25) is 0 Å². The van der Waals surface area contributed by atoms with Crippen LogP contribution in [-0.2, 0) is 16.0 Å². The van der Waals surface area contributed by atoms with Crippen molar-refractivity contribution in [3.8, 4) is 5.75 Å². The van der Waals surface area contributed by atoms with E-state index in [4.69, 9.17) is 0 Å². The van der Waals surface area contributed by atoms with Crippen molar-refractivity contribution in [3.05, 3.63) is 69.8 Å². The molecule has 0 spiro atoms.